The second kappa shape index (κ2) is 7.50. The summed E-state index contributed by atoms with van der Waals surface area (Å²) in [6, 6.07) is 1.11. The first-order valence-corrected chi connectivity index (χ1v) is 7.84. The molecule has 1 saturated heterocycles. The molecule has 2 aromatic rings. The molecule has 0 bridgehead atoms. The van der Waals surface area contributed by atoms with E-state index in [1.807, 2.05) is 0 Å². The van der Waals surface area contributed by atoms with E-state index in [0.717, 1.165) is 0 Å². The molecule has 0 radical (unpaired) electrons. The van der Waals surface area contributed by atoms with Crippen LogP contribution in [0.1, 0.15) is 5.56 Å². The van der Waals surface area contributed by atoms with E-state index in [2.05, 4.69) is 15.5 Å². The van der Waals surface area contributed by atoms with Gasteiger partial charge in [0, 0.05) is 37.8 Å². The van der Waals surface area contributed by atoms with Crippen molar-refractivity contribution in [2.75, 3.05) is 26.2 Å². The molecule has 11 heteroatoms. The molecule has 0 unspecified atom stereocenters. The Morgan fingerprint density at radius 1 is 0.923 bits per heavy atom. The van der Waals surface area contributed by atoms with Gasteiger partial charge in [0.1, 0.15) is 18.7 Å². The summed E-state index contributed by atoms with van der Waals surface area (Å²) in [6.07, 6.45) is 0.954. The van der Waals surface area contributed by atoms with Gasteiger partial charge in [-0.2, -0.15) is 0 Å². The lowest BCUT2D eigenvalue weighted by Crippen LogP contribution is -2.51. The minimum atomic E-state index is -1.30. The standard InChI is InChI=1S/C15H15F3N6O2/c16-11-7-13(18)12(17)5-10(11)6-14(25)22-1-3-23(4-2-22)15(26)8-24-9-19-20-21-24/h5,7,9H,1-4,6,8H2. The van der Waals surface area contributed by atoms with Gasteiger partial charge in [0.15, 0.2) is 11.6 Å². The van der Waals surface area contributed by atoms with Gasteiger partial charge >= 0.3 is 0 Å². The normalized spacial score (nSPS) is 14.6. The van der Waals surface area contributed by atoms with Gasteiger partial charge in [0.05, 0.1) is 6.42 Å². The Morgan fingerprint density at radius 3 is 2.15 bits per heavy atom. The SMILES string of the molecule is O=C(Cc1cc(F)c(F)cc1F)N1CCN(C(=O)Cn2cnnn2)CC1. The van der Waals surface area contributed by atoms with Crippen molar-refractivity contribution < 1.29 is 22.8 Å². The van der Waals surface area contributed by atoms with Crippen molar-refractivity contribution >= 4 is 11.8 Å². The second-order valence-electron chi connectivity index (χ2n) is 5.80. The Hall–Kier alpha value is -2.98. The molecule has 1 fully saturated rings. The van der Waals surface area contributed by atoms with E-state index in [0.29, 0.717) is 25.2 Å². The molecule has 8 nitrogen and oxygen atoms in total. The number of amides is 2. The lowest BCUT2D eigenvalue weighted by atomic mass is 10.1. The largest absolute Gasteiger partial charge is 0.339 e. The fourth-order valence-electron chi connectivity index (χ4n) is 2.67. The van der Waals surface area contributed by atoms with Crippen LogP contribution in [0.4, 0.5) is 13.2 Å². The molecular formula is C15H15F3N6O2. The predicted molar refractivity (Wildman–Crippen MR) is 81.0 cm³/mol. The van der Waals surface area contributed by atoms with E-state index >= 15 is 0 Å². The number of tetrazole rings is 1. The van der Waals surface area contributed by atoms with Crippen LogP contribution in [0, 0.1) is 17.5 Å². The van der Waals surface area contributed by atoms with Gasteiger partial charge in [-0.05, 0) is 16.5 Å². The Balaban J connectivity index is 1.53. The third-order valence-corrected chi connectivity index (χ3v) is 4.10. The number of carbonyl (C=O) groups excluding carboxylic acids is 2. The highest BCUT2D eigenvalue weighted by Gasteiger charge is 2.25. The molecule has 1 aromatic heterocycles. The quantitative estimate of drug-likeness (QED) is 0.710. The number of hydrogen-bond acceptors (Lipinski definition) is 5. The van der Waals surface area contributed by atoms with Gasteiger partial charge in [-0.15, -0.1) is 5.10 Å². The number of aromatic nitrogens is 4. The molecule has 0 atom stereocenters. The number of benzene rings is 1. The highest BCUT2D eigenvalue weighted by Crippen LogP contribution is 2.15. The molecule has 2 amide bonds. The van der Waals surface area contributed by atoms with Crippen molar-refractivity contribution in [3.8, 4) is 0 Å². The Bertz CT molecular complexity index is 806. The van der Waals surface area contributed by atoms with Crippen LogP contribution in [0.5, 0.6) is 0 Å². The van der Waals surface area contributed by atoms with E-state index in [4.69, 9.17) is 0 Å². The molecule has 2 heterocycles. The molecule has 0 aliphatic carbocycles. The molecule has 0 N–H and O–H groups in total. The minimum Gasteiger partial charge on any atom is -0.339 e. The zero-order valence-electron chi connectivity index (χ0n) is 13.6. The van der Waals surface area contributed by atoms with Crippen LogP contribution in [-0.4, -0.2) is 68.0 Å². The summed E-state index contributed by atoms with van der Waals surface area (Å²) in [5.74, 6) is -4.06. The van der Waals surface area contributed by atoms with E-state index in [9.17, 15) is 22.8 Å². The van der Waals surface area contributed by atoms with Crippen LogP contribution >= 0.6 is 0 Å². The van der Waals surface area contributed by atoms with Crippen molar-refractivity contribution in [2.24, 2.45) is 0 Å². The Labute approximate surface area is 146 Å². The molecule has 1 aromatic carbocycles. The van der Waals surface area contributed by atoms with Crippen molar-refractivity contribution in [2.45, 2.75) is 13.0 Å². The highest BCUT2D eigenvalue weighted by molar-refractivity contribution is 5.80. The van der Waals surface area contributed by atoms with Gasteiger partial charge in [-0.25, -0.2) is 17.9 Å². The summed E-state index contributed by atoms with van der Waals surface area (Å²) >= 11 is 0. The van der Waals surface area contributed by atoms with Crippen molar-refractivity contribution in [1.29, 1.82) is 0 Å². The summed E-state index contributed by atoms with van der Waals surface area (Å²) < 4.78 is 41.1. The van der Waals surface area contributed by atoms with E-state index < -0.39 is 23.4 Å². The lowest BCUT2D eigenvalue weighted by Gasteiger charge is -2.34. The van der Waals surface area contributed by atoms with E-state index in [1.165, 1.54) is 15.9 Å². The monoisotopic (exact) mass is 368 g/mol. The Morgan fingerprint density at radius 2 is 1.54 bits per heavy atom. The molecule has 0 spiro atoms. The van der Waals surface area contributed by atoms with E-state index in [-0.39, 0.29) is 37.5 Å². The van der Waals surface area contributed by atoms with Crippen LogP contribution in [0.25, 0.3) is 0 Å². The molecule has 0 saturated carbocycles. The average Bonchev–Trinajstić information content (AvgIpc) is 3.12. The van der Waals surface area contributed by atoms with Crippen molar-refractivity contribution in [3.05, 3.63) is 41.5 Å². The molecule has 26 heavy (non-hydrogen) atoms. The molecular weight excluding hydrogens is 353 g/mol. The van der Waals surface area contributed by atoms with Gasteiger partial charge in [0.25, 0.3) is 0 Å². The van der Waals surface area contributed by atoms with Gasteiger partial charge < -0.3 is 9.80 Å². The first-order chi connectivity index (χ1) is 12.4. The number of halogens is 3. The minimum absolute atomic E-state index is 0.00101. The summed E-state index contributed by atoms with van der Waals surface area (Å²) in [7, 11) is 0. The second-order valence-corrected chi connectivity index (χ2v) is 5.80. The van der Waals surface area contributed by atoms with Crippen LogP contribution in [0.15, 0.2) is 18.5 Å². The smallest absolute Gasteiger partial charge is 0.244 e. The molecule has 1 aliphatic rings. The number of carbonyl (C=O) groups is 2. The van der Waals surface area contributed by atoms with Crippen LogP contribution < -0.4 is 0 Å². The number of piperazine rings is 1. The average molecular weight is 368 g/mol. The zero-order valence-corrected chi connectivity index (χ0v) is 13.6. The number of hydrogen-bond donors (Lipinski definition) is 0. The fourth-order valence-corrected chi connectivity index (χ4v) is 2.67. The predicted octanol–water partition coefficient (Wildman–Crippen LogP) is 0.00390. The lowest BCUT2D eigenvalue weighted by molar-refractivity contribution is -0.139. The van der Waals surface area contributed by atoms with Crippen LogP contribution in [0.3, 0.4) is 0 Å². The molecule has 138 valence electrons. The topological polar surface area (TPSA) is 84.2 Å². The first-order valence-electron chi connectivity index (χ1n) is 7.84. The maximum atomic E-state index is 13.7. The van der Waals surface area contributed by atoms with Gasteiger partial charge in [-0.1, -0.05) is 0 Å². The fraction of sp³-hybridized carbons (Fsp3) is 0.400. The van der Waals surface area contributed by atoms with E-state index in [1.54, 1.807) is 4.90 Å². The van der Waals surface area contributed by atoms with Gasteiger partial charge in [0.2, 0.25) is 11.8 Å². The highest BCUT2D eigenvalue weighted by atomic mass is 19.2. The number of nitrogens with zero attached hydrogens (tertiary/aromatic N) is 6. The first kappa shape index (κ1) is 17.8. The Kier molecular flexibility index (Phi) is 5.14. The summed E-state index contributed by atoms with van der Waals surface area (Å²) in [4.78, 5) is 27.4. The van der Waals surface area contributed by atoms with Crippen molar-refractivity contribution in [3.63, 3.8) is 0 Å². The number of rotatable bonds is 4. The molecule has 1 aliphatic heterocycles. The summed E-state index contributed by atoms with van der Waals surface area (Å²) in [5, 5.41) is 10.5. The van der Waals surface area contributed by atoms with Gasteiger partial charge in [-0.3, -0.25) is 9.59 Å². The summed E-state index contributed by atoms with van der Waals surface area (Å²) in [5.41, 5.74) is -0.203. The van der Waals surface area contributed by atoms with Crippen LogP contribution in [-0.2, 0) is 22.6 Å². The molecule has 3 rings (SSSR count). The van der Waals surface area contributed by atoms with Crippen molar-refractivity contribution in [1.82, 2.24) is 30.0 Å². The maximum absolute atomic E-state index is 13.7. The third-order valence-electron chi connectivity index (χ3n) is 4.10. The zero-order chi connectivity index (χ0) is 18.7. The maximum Gasteiger partial charge on any atom is 0.244 e. The third kappa shape index (κ3) is 3.98. The summed E-state index contributed by atoms with van der Waals surface area (Å²) in [6.45, 7) is 1.16. The van der Waals surface area contributed by atoms with Crippen LogP contribution in [0.2, 0.25) is 0 Å².